The molecule has 1 atom stereocenters. The Morgan fingerprint density at radius 3 is 2.73 bits per heavy atom. The normalized spacial score (nSPS) is 11.5. The second-order valence-corrected chi connectivity index (χ2v) is 7.77. The third-order valence-corrected chi connectivity index (χ3v) is 5.86. The number of ether oxygens (including phenoxy) is 1. The molecule has 148 valence electrons. The van der Waals surface area contributed by atoms with Gasteiger partial charge in [-0.15, -0.1) is 17.3 Å². The summed E-state index contributed by atoms with van der Waals surface area (Å²) in [6.07, 6.45) is 1.96. The topological polar surface area (TPSA) is 63.7 Å². The van der Waals surface area contributed by atoms with Gasteiger partial charge in [0.05, 0.1) is 18.4 Å². The van der Waals surface area contributed by atoms with Crippen LogP contribution in [0, 0.1) is 23.2 Å². The van der Waals surface area contributed by atoms with Crippen LogP contribution in [0.4, 0.5) is 0 Å². The third-order valence-electron chi connectivity index (χ3n) is 4.89. The van der Waals surface area contributed by atoms with E-state index in [9.17, 15) is 0 Å². The Hall–Kier alpha value is -3.61. The van der Waals surface area contributed by atoms with Gasteiger partial charge >= 0.3 is 0 Å². The number of rotatable bonds is 6. The van der Waals surface area contributed by atoms with Crippen LogP contribution in [0.2, 0.25) is 0 Å². The van der Waals surface area contributed by atoms with Gasteiger partial charge in [0.15, 0.2) is 5.82 Å². The fourth-order valence-corrected chi connectivity index (χ4v) is 4.28. The van der Waals surface area contributed by atoms with E-state index in [-0.39, 0.29) is 5.92 Å². The van der Waals surface area contributed by atoms with Crippen molar-refractivity contribution in [2.24, 2.45) is 7.05 Å². The minimum absolute atomic E-state index is 0.0610. The SMILES string of the molecule is CC#C[C@@H](CC#N)c1ccc(OCc2ccc3scc(-c4ncnn4C)c3c2)cc1. The average Bonchev–Trinajstić information content (AvgIpc) is 3.37. The van der Waals surface area contributed by atoms with Gasteiger partial charge < -0.3 is 4.74 Å². The zero-order chi connectivity index (χ0) is 20.9. The predicted molar refractivity (Wildman–Crippen MR) is 119 cm³/mol. The van der Waals surface area contributed by atoms with Crippen molar-refractivity contribution in [3.63, 3.8) is 0 Å². The Kier molecular flexibility index (Phi) is 5.79. The number of aromatic nitrogens is 3. The lowest BCUT2D eigenvalue weighted by molar-refractivity contribution is 0.306. The van der Waals surface area contributed by atoms with Crippen molar-refractivity contribution in [2.45, 2.75) is 25.9 Å². The fraction of sp³-hybridized carbons (Fsp3) is 0.208. The molecule has 2 heterocycles. The number of benzene rings is 2. The maximum absolute atomic E-state index is 8.99. The molecule has 0 aliphatic rings. The van der Waals surface area contributed by atoms with Gasteiger partial charge in [-0.05, 0) is 42.3 Å². The first kappa shape index (κ1) is 19.7. The minimum atomic E-state index is -0.0610. The van der Waals surface area contributed by atoms with Crippen LogP contribution in [-0.2, 0) is 13.7 Å². The maximum atomic E-state index is 8.99. The summed E-state index contributed by atoms with van der Waals surface area (Å²) >= 11 is 1.70. The van der Waals surface area contributed by atoms with Gasteiger partial charge in [0, 0.05) is 28.1 Å². The molecule has 2 aromatic heterocycles. The zero-order valence-corrected chi connectivity index (χ0v) is 17.6. The van der Waals surface area contributed by atoms with Crippen molar-refractivity contribution in [1.82, 2.24) is 14.8 Å². The van der Waals surface area contributed by atoms with Crippen LogP contribution in [0.25, 0.3) is 21.5 Å². The molecule has 0 aliphatic heterocycles. The number of hydrogen-bond donors (Lipinski definition) is 0. The first-order valence-corrected chi connectivity index (χ1v) is 10.4. The summed E-state index contributed by atoms with van der Waals surface area (Å²) in [4.78, 5) is 4.38. The van der Waals surface area contributed by atoms with E-state index >= 15 is 0 Å². The molecule has 0 amide bonds. The molecule has 2 aromatic carbocycles. The van der Waals surface area contributed by atoms with E-state index in [2.05, 4.69) is 51.6 Å². The summed E-state index contributed by atoms with van der Waals surface area (Å²) in [7, 11) is 1.90. The molecule has 4 rings (SSSR count). The third kappa shape index (κ3) is 4.05. The lowest BCUT2D eigenvalue weighted by Gasteiger charge is -2.10. The van der Waals surface area contributed by atoms with Crippen molar-refractivity contribution in [2.75, 3.05) is 0 Å². The van der Waals surface area contributed by atoms with E-state index < -0.39 is 0 Å². The fourth-order valence-electron chi connectivity index (χ4n) is 3.36. The maximum Gasteiger partial charge on any atom is 0.159 e. The summed E-state index contributed by atoms with van der Waals surface area (Å²) in [6, 6.07) is 16.4. The van der Waals surface area contributed by atoms with E-state index in [0.29, 0.717) is 13.0 Å². The number of nitrogens with zero attached hydrogens (tertiary/aromatic N) is 4. The van der Waals surface area contributed by atoms with Gasteiger partial charge in [0.25, 0.3) is 0 Å². The Labute approximate surface area is 179 Å². The van der Waals surface area contributed by atoms with Crippen LogP contribution in [0.15, 0.2) is 54.2 Å². The summed E-state index contributed by atoms with van der Waals surface area (Å²) in [5, 5.41) is 16.5. The van der Waals surface area contributed by atoms with Crippen LogP contribution >= 0.6 is 11.3 Å². The van der Waals surface area contributed by atoms with E-state index in [0.717, 1.165) is 33.7 Å². The van der Waals surface area contributed by atoms with Gasteiger partial charge in [-0.2, -0.15) is 10.4 Å². The van der Waals surface area contributed by atoms with Crippen LogP contribution < -0.4 is 4.74 Å². The summed E-state index contributed by atoms with van der Waals surface area (Å²) in [5.74, 6) is 7.58. The molecule has 30 heavy (non-hydrogen) atoms. The number of thiophene rings is 1. The van der Waals surface area contributed by atoms with Gasteiger partial charge in [-0.25, -0.2) is 9.67 Å². The number of fused-ring (bicyclic) bond motifs is 1. The van der Waals surface area contributed by atoms with Gasteiger partial charge in [-0.1, -0.05) is 24.1 Å². The van der Waals surface area contributed by atoms with E-state index in [1.807, 2.05) is 31.3 Å². The van der Waals surface area contributed by atoms with E-state index in [1.54, 1.807) is 29.3 Å². The zero-order valence-electron chi connectivity index (χ0n) is 16.8. The molecule has 0 radical (unpaired) electrons. The molecule has 0 saturated carbocycles. The van der Waals surface area contributed by atoms with Gasteiger partial charge in [0.2, 0.25) is 0 Å². The lowest BCUT2D eigenvalue weighted by atomic mass is 9.97. The number of hydrogen-bond acceptors (Lipinski definition) is 5. The van der Waals surface area contributed by atoms with Gasteiger partial charge in [-0.3, -0.25) is 0 Å². The molecular weight excluding hydrogens is 392 g/mol. The smallest absolute Gasteiger partial charge is 0.159 e. The molecule has 0 aliphatic carbocycles. The molecule has 0 bridgehead atoms. The molecule has 0 unspecified atom stereocenters. The highest BCUT2D eigenvalue weighted by atomic mass is 32.1. The largest absolute Gasteiger partial charge is 0.489 e. The van der Waals surface area contributed by atoms with Crippen LogP contribution in [-0.4, -0.2) is 14.8 Å². The van der Waals surface area contributed by atoms with Crippen molar-refractivity contribution < 1.29 is 4.74 Å². The van der Waals surface area contributed by atoms with Crippen molar-refractivity contribution in [1.29, 1.82) is 5.26 Å². The van der Waals surface area contributed by atoms with Crippen LogP contribution in [0.3, 0.4) is 0 Å². The average molecular weight is 413 g/mol. The summed E-state index contributed by atoms with van der Waals surface area (Å²) in [6.45, 7) is 2.27. The first-order chi connectivity index (χ1) is 14.7. The molecule has 0 N–H and O–H groups in total. The highest BCUT2D eigenvalue weighted by Crippen LogP contribution is 2.33. The number of aryl methyl sites for hydroxylation is 1. The highest BCUT2D eigenvalue weighted by Gasteiger charge is 2.12. The molecule has 0 saturated heterocycles. The van der Waals surface area contributed by atoms with Crippen molar-refractivity contribution in [3.05, 3.63) is 65.3 Å². The quantitative estimate of drug-likeness (QED) is 0.403. The Morgan fingerprint density at radius 1 is 1.20 bits per heavy atom. The van der Waals surface area contributed by atoms with Crippen molar-refractivity contribution in [3.8, 4) is 35.0 Å². The Balaban J connectivity index is 1.50. The van der Waals surface area contributed by atoms with Crippen molar-refractivity contribution >= 4 is 21.4 Å². The molecule has 0 spiro atoms. The number of nitriles is 1. The molecule has 5 nitrogen and oxygen atoms in total. The second-order valence-electron chi connectivity index (χ2n) is 6.85. The second kappa shape index (κ2) is 8.82. The van der Waals surface area contributed by atoms with Crippen LogP contribution in [0.5, 0.6) is 5.75 Å². The predicted octanol–water partition coefficient (Wildman–Crippen LogP) is 5.30. The first-order valence-electron chi connectivity index (χ1n) is 9.56. The Morgan fingerprint density at radius 2 is 2.03 bits per heavy atom. The lowest BCUT2D eigenvalue weighted by Crippen LogP contribution is -1.98. The molecule has 6 heteroatoms. The highest BCUT2D eigenvalue weighted by molar-refractivity contribution is 7.17. The molecular formula is C24H20N4OS. The standard InChI is InChI=1S/C24H20N4OS/c1-3-4-18(11-12-25)19-6-8-20(9-7-19)29-14-17-5-10-23-21(13-17)22(15-30-23)24-26-16-27-28(24)2/h5-10,13,15-16,18H,11,14H2,1-2H3/t18-/m0/s1. The molecule has 4 aromatic rings. The van der Waals surface area contributed by atoms with E-state index in [4.69, 9.17) is 10.00 Å². The van der Waals surface area contributed by atoms with E-state index in [1.165, 1.54) is 4.70 Å². The monoisotopic (exact) mass is 412 g/mol. The van der Waals surface area contributed by atoms with Gasteiger partial charge in [0.1, 0.15) is 18.7 Å². The summed E-state index contributed by atoms with van der Waals surface area (Å²) < 4.78 is 8.99. The molecule has 0 fully saturated rings. The summed E-state index contributed by atoms with van der Waals surface area (Å²) in [5.41, 5.74) is 3.21. The minimum Gasteiger partial charge on any atom is -0.489 e. The van der Waals surface area contributed by atoms with Crippen LogP contribution in [0.1, 0.15) is 30.4 Å². The Bertz CT molecular complexity index is 1270.